The molecule has 1 amide bonds. The Morgan fingerprint density at radius 3 is 2.50 bits per heavy atom. The van der Waals surface area contributed by atoms with Crippen molar-refractivity contribution in [3.63, 3.8) is 0 Å². The van der Waals surface area contributed by atoms with E-state index in [1.807, 2.05) is 0 Å². The summed E-state index contributed by atoms with van der Waals surface area (Å²) in [6.07, 6.45) is 1.42. The number of fused-ring (bicyclic) bond motifs is 1. The van der Waals surface area contributed by atoms with E-state index in [1.54, 1.807) is 4.90 Å². The maximum absolute atomic E-state index is 12.5. The number of aromatic nitrogens is 2. The van der Waals surface area contributed by atoms with Gasteiger partial charge in [-0.2, -0.15) is 9.78 Å². The minimum Gasteiger partial charge on any atom is -0.476 e. The summed E-state index contributed by atoms with van der Waals surface area (Å²) >= 11 is 0. The molecular formula is C19H22N4O3. The summed E-state index contributed by atoms with van der Waals surface area (Å²) < 4.78 is 1.13. The Bertz CT molecular complexity index is 833. The van der Waals surface area contributed by atoms with Crippen molar-refractivity contribution < 1.29 is 14.7 Å². The first-order chi connectivity index (χ1) is 12.5. The zero-order chi connectivity index (χ0) is 18.3. The molecule has 2 aromatic rings. The molecule has 0 spiro atoms. The molecule has 1 aromatic heterocycles. The number of carbonyl (C=O) groups is 2. The van der Waals surface area contributed by atoms with Crippen molar-refractivity contribution >= 4 is 12.0 Å². The minimum absolute atomic E-state index is 0.109. The van der Waals surface area contributed by atoms with Gasteiger partial charge in [0.15, 0.2) is 5.69 Å². The Kier molecular flexibility index (Phi) is 4.24. The van der Waals surface area contributed by atoms with Crippen LogP contribution in [0.5, 0.6) is 0 Å². The third kappa shape index (κ3) is 3.22. The Hall–Kier alpha value is -2.67. The van der Waals surface area contributed by atoms with Crippen molar-refractivity contribution in [1.82, 2.24) is 19.6 Å². The molecule has 2 atom stereocenters. The Morgan fingerprint density at radius 1 is 1.15 bits per heavy atom. The molecule has 26 heavy (non-hydrogen) atoms. The van der Waals surface area contributed by atoms with Gasteiger partial charge in [0.2, 0.25) is 0 Å². The molecule has 7 heteroatoms. The van der Waals surface area contributed by atoms with Crippen molar-refractivity contribution in [2.24, 2.45) is 11.8 Å². The highest BCUT2D eigenvalue weighted by Crippen LogP contribution is 2.32. The lowest BCUT2D eigenvalue weighted by molar-refractivity contribution is 0.0690. The number of benzene rings is 1. The van der Waals surface area contributed by atoms with Crippen LogP contribution in [0.25, 0.3) is 0 Å². The van der Waals surface area contributed by atoms with Crippen LogP contribution in [0.15, 0.2) is 36.5 Å². The fourth-order valence-electron chi connectivity index (χ4n) is 4.13. The molecule has 2 saturated heterocycles. The van der Waals surface area contributed by atoms with Crippen LogP contribution in [0.4, 0.5) is 4.79 Å². The first-order valence-corrected chi connectivity index (χ1v) is 8.86. The highest BCUT2D eigenvalue weighted by Gasteiger charge is 2.41. The number of hydrogen-bond acceptors (Lipinski definition) is 4. The van der Waals surface area contributed by atoms with Crippen LogP contribution in [0, 0.1) is 18.8 Å². The Morgan fingerprint density at radius 2 is 1.88 bits per heavy atom. The van der Waals surface area contributed by atoms with Crippen LogP contribution >= 0.6 is 0 Å². The molecule has 136 valence electrons. The second-order valence-corrected chi connectivity index (χ2v) is 7.34. The summed E-state index contributed by atoms with van der Waals surface area (Å²) in [4.78, 5) is 27.7. The number of aryl methyl sites for hydroxylation is 1. The van der Waals surface area contributed by atoms with Gasteiger partial charge in [0.25, 0.3) is 0 Å². The molecular weight excluding hydrogens is 332 g/mol. The largest absolute Gasteiger partial charge is 0.476 e. The quantitative estimate of drug-likeness (QED) is 0.911. The number of aromatic carboxylic acids is 1. The van der Waals surface area contributed by atoms with Crippen LogP contribution in [-0.2, 0) is 6.54 Å². The van der Waals surface area contributed by atoms with Crippen LogP contribution in [0.2, 0.25) is 0 Å². The van der Waals surface area contributed by atoms with Gasteiger partial charge in [-0.15, -0.1) is 0 Å². The van der Waals surface area contributed by atoms with Crippen molar-refractivity contribution in [2.45, 2.75) is 13.5 Å². The number of hydrogen-bond donors (Lipinski definition) is 1. The number of rotatable bonds is 3. The van der Waals surface area contributed by atoms with E-state index in [0.29, 0.717) is 24.9 Å². The lowest BCUT2D eigenvalue weighted by Gasteiger charge is -2.21. The predicted octanol–water partition coefficient (Wildman–Crippen LogP) is 1.92. The monoisotopic (exact) mass is 354 g/mol. The SMILES string of the molecule is Cc1cccc(CN2CC3CN(C(=O)n4ccc(C(=O)O)n4)CC3C2)c1. The van der Waals surface area contributed by atoms with Crippen molar-refractivity contribution in [3.05, 3.63) is 53.3 Å². The number of likely N-dealkylation sites (tertiary alicyclic amines) is 2. The predicted molar refractivity (Wildman–Crippen MR) is 95.0 cm³/mol. The summed E-state index contributed by atoms with van der Waals surface area (Å²) in [6.45, 7) is 6.44. The number of amides is 1. The topological polar surface area (TPSA) is 78.7 Å². The number of nitrogens with zero attached hydrogens (tertiary/aromatic N) is 4. The molecule has 7 nitrogen and oxygen atoms in total. The van der Waals surface area contributed by atoms with Crippen LogP contribution in [0.1, 0.15) is 21.6 Å². The fourth-order valence-corrected chi connectivity index (χ4v) is 4.13. The molecule has 2 aliphatic rings. The summed E-state index contributed by atoms with van der Waals surface area (Å²) in [5.74, 6) is -0.182. The van der Waals surface area contributed by atoms with E-state index in [-0.39, 0.29) is 11.7 Å². The van der Waals surface area contributed by atoms with Gasteiger partial charge in [-0.3, -0.25) is 4.90 Å². The summed E-state index contributed by atoms with van der Waals surface area (Å²) in [5, 5.41) is 12.8. The lowest BCUT2D eigenvalue weighted by Crippen LogP contribution is -2.36. The van der Waals surface area contributed by atoms with Gasteiger partial charge < -0.3 is 10.0 Å². The molecule has 4 rings (SSSR count). The van der Waals surface area contributed by atoms with E-state index < -0.39 is 5.97 Å². The first-order valence-electron chi connectivity index (χ1n) is 8.86. The Labute approximate surface area is 151 Å². The van der Waals surface area contributed by atoms with Crippen molar-refractivity contribution in [3.8, 4) is 0 Å². The van der Waals surface area contributed by atoms with Gasteiger partial charge in [0.05, 0.1) is 0 Å². The smallest absolute Gasteiger partial charge is 0.356 e. The number of carboxylic acids is 1. The average Bonchev–Trinajstić information content (AvgIpc) is 3.28. The van der Waals surface area contributed by atoms with E-state index >= 15 is 0 Å². The minimum atomic E-state index is -1.12. The molecule has 1 aromatic carbocycles. The lowest BCUT2D eigenvalue weighted by atomic mass is 10.0. The van der Waals surface area contributed by atoms with E-state index in [1.165, 1.54) is 23.4 Å². The molecule has 2 aliphatic heterocycles. The molecule has 0 radical (unpaired) electrons. The Balaban J connectivity index is 1.35. The molecule has 2 unspecified atom stereocenters. The number of carbonyl (C=O) groups excluding carboxylic acids is 1. The highest BCUT2D eigenvalue weighted by molar-refractivity contribution is 5.86. The van der Waals surface area contributed by atoms with Gasteiger partial charge in [-0.05, 0) is 30.4 Å². The van der Waals surface area contributed by atoms with Crippen LogP contribution in [0.3, 0.4) is 0 Å². The summed E-state index contributed by atoms with van der Waals surface area (Å²) in [6, 6.07) is 9.70. The maximum atomic E-state index is 12.5. The highest BCUT2D eigenvalue weighted by atomic mass is 16.4. The normalized spacial score (nSPS) is 22.6. The zero-order valence-electron chi connectivity index (χ0n) is 14.7. The second-order valence-electron chi connectivity index (χ2n) is 7.34. The van der Waals surface area contributed by atoms with Gasteiger partial charge in [0, 0.05) is 38.9 Å². The van der Waals surface area contributed by atoms with Gasteiger partial charge >= 0.3 is 12.0 Å². The first kappa shape index (κ1) is 16.8. The average molecular weight is 354 g/mol. The molecule has 2 fully saturated rings. The standard InChI is InChI=1S/C19H22N4O3/c1-13-3-2-4-14(7-13)8-21-9-15-11-22(12-16(15)10-21)19(26)23-6-5-17(20-23)18(24)25/h2-7,15-16H,8-12H2,1H3,(H,24,25). The molecule has 1 N–H and O–H groups in total. The fraction of sp³-hybridized carbons (Fsp3) is 0.421. The van der Waals surface area contributed by atoms with Crippen LogP contribution in [-0.4, -0.2) is 62.9 Å². The van der Waals surface area contributed by atoms with Gasteiger partial charge in [-0.25, -0.2) is 9.59 Å². The van der Waals surface area contributed by atoms with Crippen molar-refractivity contribution in [1.29, 1.82) is 0 Å². The second kappa shape index (κ2) is 6.57. The summed E-state index contributed by atoms with van der Waals surface area (Å²) in [7, 11) is 0. The maximum Gasteiger partial charge on any atom is 0.356 e. The van der Waals surface area contributed by atoms with Crippen molar-refractivity contribution in [2.75, 3.05) is 26.2 Å². The van der Waals surface area contributed by atoms with Crippen LogP contribution < -0.4 is 0 Å². The van der Waals surface area contributed by atoms with E-state index in [2.05, 4.69) is 41.2 Å². The van der Waals surface area contributed by atoms with Gasteiger partial charge in [0.1, 0.15) is 0 Å². The van der Waals surface area contributed by atoms with E-state index in [4.69, 9.17) is 5.11 Å². The van der Waals surface area contributed by atoms with Gasteiger partial charge in [-0.1, -0.05) is 29.8 Å². The van der Waals surface area contributed by atoms with E-state index in [9.17, 15) is 9.59 Å². The summed E-state index contributed by atoms with van der Waals surface area (Å²) in [5.41, 5.74) is 2.50. The zero-order valence-corrected chi connectivity index (χ0v) is 14.7. The number of carboxylic acid groups (broad SMARTS) is 1. The van der Waals surface area contributed by atoms with E-state index in [0.717, 1.165) is 24.3 Å². The molecule has 3 heterocycles. The molecule has 0 saturated carbocycles. The third-order valence-corrected chi connectivity index (χ3v) is 5.33. The molecule has 0 aliphatic carbocycles. The molecule has 0 bridgehead atoms. The third-order valence-electron chi connectivity index (χ3n) is 5.33.